The number of nitrogens with zero attached hydrogens (tertiary/aromatic N) is 3. The van der Waals surface area contributed by atoms with Crippen LogP contribution < -0.4 is 15.4 Å². The summed E-state index contributed by atoms with van der Waals surface area (Å²) in [5.41, 5.74) is 3.69. The minimum atomic E-state index is -2.85. The maximum absolute atomic E-state index is 12.5. The Labute approximate surface area is 185 Å². The van der Waals surface area contributed by atoms with Gasteiger partial charge in [0.15, 0.2) is 5.96 Å². The van der Waals surface area contributed by atoms with Gasteiger partial charge in [0.1, 0.15) is 11.4 Å². The lowest BCUT2D eigenvalue weighted by atomic mass is 10.2. The molecule has 3 rings (SSSR count). The van der Waals surface area contributed by atoms with E-state index in [1.165, 1.54) is 6.07 Å². The van der Waals surface area contributed by atoms with Gasteiger partial charge in [-0.3, -0.25) is 4.99 Å². The molecule has 2 heterocycles. The largest absolute Gasteiger partial charge is 0.434 e. The Morgan fingerprint density at radius 1 is 1.21 bits per heavy atom. The number of hydrogen-bond donors (Lipinski definition) is 2. The molecule has 0 saturated carbocycles. The molecule has 0 radical (unpaired) electrons. The van der Waals surface area contributed by atoms with Crippen LogP contribution in [-0.4, -0.2) is 35.5 Å². The van der Waals surface area contributed by atoms with E-state index in [-0.39, 0.29) is 29.7 Å². The first-order chi connectivity index (χ1) is 13.6. The second-order valence-electron chi connectivity index (χ2n) is 6.24. The lowest BCUT2D eigenvalue weighted by Crippen LogP contribution is -2.38. The van der Waals surface area contributed by atoms with E-state index in [1.54, 1.807) is 25.2 Å². The Morgan fingerprint density at radius 2 is 2.00 bits per heavy atom. The quantitative estimate of drug-likeness (QED) is 0.286. The second kappa shape index (κ2) is 10.9. The van der Waals surface area contributed by atoms with Gasteiger partial charge in [0, 0.05) is 44.5 Å². The van der Waals surface area contributed by atoms with Crippen molar-refractivity contribution >= 4 is 35.6 Å². The van der Waals surface area contributed by atoms with Gasteiger partial charge in [-0.25, -0.2) is 4.98 Å². The van der Waals surface area contributed by atoms with Crippen LogP contribution in [0.3, 0.4) is 0 Å². The van der Waals surface area contributed by atoms with Crippen LogP contribution in [0.5, 0.6) is 5.75 Å². The van der Waals surface area contributed by atoms with Crippen molar-refractivity contribution in [2.24, 2.45) is 4.99 Å². The Morgan fingerprint density at radius 3 is 2.72 bits per heavy atom. The van der Waals surface area contributed by atoms with E-state index >= 15 is 0 Å². The van der Waals surface area contributed by atoms with Gasteiger partial charge in [-0.05, 0) is 24.6 Å². The van der Waals surface area contributed by atoms with Crippen molar-refractivity contribution in [3.63, 3.8) is 0 Å². The van der Waals surface area contributed by atoms with E-state index in [1.807, 2.05) is 35.9 Å². The minimum absolute atomic E-state index is 0. The first-order valence-electron chi connectivity index (χ1n) is 8.97. The highest BCUT2D eigenvalue weighted by Gasteiger charge is 2.10. The van der Waals surface area contributed by atoms with Gasteiger partial charge >= 0.3 is 6.61 Å². The Kier molecular flexibility index (Phi) is 8.62. The van der Waals surface area contributed by atoms with Crippen molar-refractivity contribution in [1.29, 1.82) is 0 Å². The topological polar surface area (TPSA) is 63.0 Å². The maximum atomic E-state index is 12.5. The van der Waals surface area contributed by atoms with Crippen LogP contribution in [0.2, 0.25) is 0 Å². The fourth-order valence-electron chi connectivity index (χ4n) is 2.89. The summed E-state index contributed by atoms with van der Waals surface area (Å²) in [5, 5.41) is 6.32. The van der Waals surface area contributed by atoms with Gasteiger partial charge in [-0.15, -0.1) is 24.0 Å². The number of ether oxygens (including phenoxy) is 1. The van der Waals surface area contributed by atoms with Crippen molar-refractivity contribution in [1.82, 2.24) is 20.0 Å². The molecule has 0 aliphatic rings. The number of fused-ring (bicyclic) bond motifs is 1. The zero-order valence-electron chi connectivity index (χ0n) is 16.2. The van der Waals surface area contributed by atoms with E-state index in [9.17, 15) is 8.78 Å². The Bertz CT molecular complexity index is 961. The summed E-state index contributed by atoms with van der Waals surface area (Å²) in [4.78, 5) is 8.80. The molecule has 2 aromatic heterocycles. The number of rotatable bonds is 7. The predicted molar refractivity (Wildman–Crippen MR) is 120 cm³/mol. The lowest BCUT2D eigenvalue weighted by Gasteiger charge is -2.14. The fourth-order valence-corrected chi connectivity index (χ4v) is 2.89. The number of halogens is 3. The standard InChI is InChI=1S/C20H23F2N5O.HI/c1-14-6-5-11-27-13-16(26-18(14)27)9-10-24-20(23-2)25-12-15-7-3-4-8-17(15)28-19(21)22;/h3-8,11,13,19H,9-10,12H2,1-2H3,(H2,23,24,25);1H. The monoisotopic (exact) mass is 515 g/mol. The number of para-hydroxylation sites is 1. The molecule has 0 atom stereocenters. The number of benzene rings is 1. The van der Waals surface area contributed by atoms with Crippen LogP contribution in [0.1, 0.15) is 16.8 Å². The molecule has 6 nitrogen and oxygen atoms in total. The SMILES string of the molecule is CN=C(NCCc1cn2cccc(C)c2n1)NCc1ccccc1OC(F)F.I. The molecule has 0 bridgehead atoms. The first-order valence-corrected chi connectivity index (χ1v) is 8.97. The summed E-state index contributed by atoms with van der Waals surface area (Å²) < 4.78 is 31.6. The highest BCUT2D eigenvalue weighted by atomic mass is 127. The number of nitrogens with one attached hydrogen (secondary N) is 2. The van der Waals surface area contributed by atoms with Crippen LogP contribution in [0, 0.1) is 6.92 Å². The third kappa shape index (κ3) is 6.28. The number of pyridine rings is 1. The molecule has 3 aromatic rings. The molecule has 0 aliphatic carbocycles. The van der Waals surface area contributed by atoms with Crippen molar-refractivity contribution < 1.29 is 13.5 Å². The molecule has 9 heteroatoms. The molecule has 0 fully saturated rings. The molecule has 156 valence electrons. The van der Waals surface area contributed by atoms with Crippen molar-refractivity contribution in [3.05, 3.63) is 65.6 Å². The highest BCUT2D eigenvalue weighted by molar-refractivity contribution is 14.0. The van der Waals surface area contributed by atoms with Crippen molar-refractivity contribution in [3.8, 4) is 5.75 Å². The third-order valence-electron chi connectivity index (χ3n) is 4.26. The van der Waals surface area contributed by atoms with Crippen molar-refractivity contribution in [2.75, 3.05) is 13.6 Å². The van der Waals surface area contributed by atoms with Crippen LogP contribution >= 0.6 is 24.0 Å². The molecule has 0 aliphatic heterocycles. The zero-order chi connectivity index (χ0) is 19.9. The smallest absolute Gasteiger partial charge is 0.387 e. The fraction of sp³-hybridized carbons (Fsp3) is 0.300. The van der Waals surface area contributed by atoms with E-state index in [4.69, 9.17) is 0 Å². The number of alkyl halides is 2. The molecule has 2 N–H and O–H groups in total. The molecular formula is C20H24F2IN5O. The summed E-state index contributed by atoms with van der Waals surface area (Å²) in [5.74, 6) is 0.729. The van der Waals surface area contributed by atoms with Crippen molar-refractivity contribution in [2.45, 2.75) is 26.5 Å². The predicted octanol–water partition coefficient (Wildman–Crippen LogP) is 3.77. The number of hydrogen-bond acceptors (Lipinski definition) is 3. The van der Waals surface area contributed by atoms with Gasteiger partial charge in [0.25, 0.3) is 0 Å². The molecule has 0 spiro atoms. The molecule has 0 amide bonds. The first kappa shape index (κ1) is 22.9. The van der Waals surface area contributed by atoms with Gasteiger partial charge in [-0.2, -0.15) is 8.78 Å². The second-order valence-corrected chi connectivity index (χ2v) is 6.24. The normalized spacial score (nSPS) is 11.4. The Balaban J connectivity index is 0.00000300. The summed E-state index contributed by atoms with van der Waals surface area (Å²) in [6, 6.07) is 10.7. The zero-order valence-corrected chi connectivity index (χ0v) is 18.6. The van der Waals surface area contributed by atoms with E-state index in [2.05, 4.69) is 25.3 Å². The summed E-state index contributed by atoms with van der Waals surface area (Å²) in [7, 11) is 1.66. The summed E-state index contributed by atoms with van der Waals surface area (Å²) in [6.07, 6.45) is 4.72. The minimum Gasteiger partial charge on any atom is -0.434 e. The number of aryl methyl sites for hydroxylation is 1. The molecule has 29 heavy (non-hydrogen) atoms. The maximum Gasteiger partial charge on any atom is 0.387 e. The van der Waals surface area contributed by atoms with Crippen LogP contribution in [0.25, 0.3) is 5.65 Å². The molecular weight excluding hydrogens is 491 g/mol. The average Bonchev–Trinajstić information content (AvgIpc) is 3.09. The average molecular weight is 515 g/mol. The molecule has 0 unspecified atom stereocenters. The van der Waals surface area contributed by atoms with E-state index in [0.717, 1.165) is 23.3 Å². The summed E-state index contributed by atoms with van der Waals surface area (Å²) in [6.45, 7) is 0.132. The van der Waals surface area contributed by atoms with Crippen LogP contribution in [0.15, 0.2) is 53.8 Å². The van der Waals surface area contributed by atoms with E-state index < -0.39 is 6.61 Å². The lowest BCUT2D eigenvalue weighted by molar-refractivity contribution is -0.0504. The number of aliphatic imine (C=N–C) groups is 1. The van der Waals surface area contributed by atoms with Gasteiger partial charge in [0.2, 0.25) is 0 Å². The number of guanidine groups is 1. The number of imidazole rings is 1. The highest BCUT2D eigenvalue weighted by Crippen LogP contribution is 2.19. The van der Waals surface area contributed by atoms with Crippen LogP contribution in [0.4, 0.5) is 8.78 Å². The third-order valence-corrected chi connectivity index (χ3v) is 4.26. The summed E-state index contributed by atoms with van der Waals surface area (Å²) >= 11 is 0. The number of aromatic nitrogens is 2. The molecule has 1 aromatic carbocycles. The Hall–Kier alpha value is -2.43. The molecule has 0 saturated heterocycles. The van der Waals surface area contributed by atoms with Gasteiger partial charge in [0.05, 0.1) is 5.69 Å². The van der Waals surface area contributed by atoms with Crippen LogP contribution in [-0.2, 0) is 13.0 Å². The van der Waals surface area contributed by atoms with Gasteiger partial charge < -0.3 is 19.8 Å². The van der Waals surface area contributed by atoms with Gasteiger partial charge in [-0.1, -0.05) is 24.3 Å². The van der Waals surface area contributed by atoms with E-state index in [0.29, 0.717) is 24.6 Å².